The van der Waals surface area contributed by atoms with Crippen LogP contribution in [0.15, 0.2) is 66.9 Å². The van der Waals surface area contributed by atoms with E-state index in [1.807, 2.05) is 43.3 Å². The molecule has 2 aromatic carbocycles. The van der Waals surface area contributed by atoms with Crippen molar-refractivity contribution in [1.29, 1.82) is 0 Å². The van der Waals surface area contributed by atoms with Crippen molar-refractivity contribution in [3.05, 3.63) is 83.6 Å². The Bertz CT molecular complexity index is 935. The van der Waals surface area contributed by atoms with Crippen LogP contribution in [-0.2, 0) is 4.74 Å². The summed E-state index contributed by atoms with van der Waals surface area (Å²) in [5, 5.41) is 2.86. The van der Waals surface area contributed by atoms with E-state index >= 15 is 0 Å². The second-order valence-corrected chi connectivity index (χ2v) is 5.79. The van der Waals surface area contributed by atoms with Gasteiger partial charge in [-0.25, -0.2) is 4.79 Å². The minimum atomic E-state index is -0.418. The summed E-state index contributed by atoms with van der Waals surface area (Å²) in [5.74, 6) is -0.654. The number of aromatic nitrogens is 1. The van der Waals surface area contributed by atoms with Crippen LogP contribution in [0.2, 0.25) is 0 Å². The van der Waals surface area contributed by atoms with Gasteiger partial charge in [0.05, 0.1) is 18.4 Å². The molecule has 1 heterocycles. The van der Waals surface area contributed by atoms with Gasteiger partial charge in [0, 0.05) is 23.0 Å². The lowest BCUT2D eigenvalue weighted by Gasteiger charge is -2.11. The lowest BCUT2D eigenvalue weighted by Crippen LogP contribution is -2.14. The summed E-state index contributed by atoms with van der Waals surface area (Å²) in [4.78, 5) is 28.6. The number of nitrogens with one attached hydrogen (secondary N) is 1. The Morgan fingerprint density at radius 1 is 1.00 bits per heavy atom. The van der Waals surface area contributed by atoms with Crippen LogP contribution < -0.4 is 5.32 Å². The Morgan fingerprint density at radius 2 is 1.77 bits per heavy atom. The summed E-state index contributed by atoms with van der Waals surface area (Å²) < 4.78 is 4.67. The maximum absolute atomic E-state index is 12.8. The molecule has 1 amide bonds. The molecule has 0 aliphatic carbocycles. The summed E-state index contributed by atoms with van der Waals surface area (Å²) in [6, 6.07) is 17.8. The first-order valence-corrected chi connectivity index (χ1v) is 8.10. The number of anilines is 1. The molecule has 1 aromatic heterocycles. The Hall–Kier alpha value is -3.47. The Balaban J connectivity index is 1.88. The number of benzene rings is 2. The molecule has 0 aliphatic heterocycles. The van der Waals surface area contributed by atoms with Gasteiger partial charge in [0.15, 0.2) is 0 Å². The van der Waals surface area contributed by atoms with Crippen LogP contribution >= 0.6 is 0 Å². The first-order chi connectivity index (χ1) is 12.6. The Kier molecular flexibility index (Phi) is 5.08. The number of carbonyl (C=O) groups is 2. The minimum absolute atomic E-state index is 0.236. The molecule has 26 heavy (non-hydrogen) atoms. The molecule has 3 aromatic rings. The number of pyridine rings is 1. The maximum atomic E-state index is 12.8. The van der Waals surface area contributed by atoms with E-state index < -0.39 is 5.97 Å². The van der Waals surface area contributed by atoms with Crippen molar-refractivity contribution in [2.24, 2.45) is 0 Å². The second-order valence-electron chi connectivity index (χ2n) is 5.79. The molecule has 0 spiro atoms. The van der Waals surface area contributed by atoms with Gasteiger partial charge in [-0.3, -0.25) is 9.78 Å². The van der Waals surface area contributed by atoms with Gasteiger partial charge in [-0.2, -0.15) is 0 Å². The van der Waals surface area contributed by atoms with Crippen molar-refractivity contribution in [3.63, 3.8) is 0 Å². The third-order valence-corrected chi connectivity index (χ3v) is 3.92. The van der Waals surface area contributed by atoms with Crippen LogP contribution in [-0.4, -0.2) is 24.0 Å². The fraction of sp³-hybridized carbons (Fsp3) is 0.0952. The maximum Gasteiger partial charge on any atom is 0.337 e. The van der Waals surface area contributed by atoms with E-state index in [-0.39, 0.29) is 5.91 Å². The van der Waals surface area contributed by atoms with E-state index in [2.05, 4.69) is 15.0 Å². The zero-order valence-corrected chi connectivity index (χ0v) is 14.5. The zero-order valence-electron chi connectivity index (χ0n) is 14.5. The highest BCUT2D eigenvalue weighted by Crippen LogP contribution is 2.24. The largest absolute Gasteiger partial charge is 0.465 e. The summed E-state index contributed by atoms with van der Waals surface area (Å²) >= 11 is 0. The monoisotopic (exact) mass is 346 g/mol. The van der Waals surface area contributed by atoms with Crippen LogP contribution in [0.1, 0.15) is 26.3 Å². The highest BCUT2D eigenvalue weighted by Gasteiger charge is 2.14. The smallest absolute Gasteiger partial charge is 0.337 e. The highest BCUT2D eigenvalue weighted by molar-refractivity contribution is 6.08. The summed E-state index contributed by atoms with van der Waals surface area (Å²) in [7, 11) is 1.33. The Labute approximate surface area is 151 Å². The molecular weight excluding hydrogens is 328 g/mol. The fourth-order valence-electron chi connectivity index (χ4n) is 2.60. The molecule has 0 unspecified atom stereocenters. The third kappa shape index (κ3) is 3.78. The second kappa shape index (κ2) is 7.61. The van der Waals surface area contributed by atoms with Crippen molar-refractivity contribution in [1.82, 2.24) is 4.98 Å². The van der Waals surface area contributed by atoms with Gasteiger partial charge in [0.1, 0.15) is 0 Å². The average Bonchev–Trinajstić information content (AvgIpc) is 2.68. The molecule has 0 aliphatic rings. The van der Waals surface area contributed by atoms with E-state index in [0.29, 0.717) is 16.8 Å². The van der Waals surface area contributed by atoms with E-state index in [4.69, 9.17) is 0 Å². The number of hydrogen-bond acceptors (Lipinski definition) is 4. The lowest BCUT2D eigenvalue weighted by atomic mass is 10.0. The molecule has 0 radical (unpaired) electrons. The SMILES string of the molecule is COC(=O)c1ccc(NC(=O)c2cc(C)ccc2-c2ccccn2)cc1. The number of ether oxygens (including phenoxy) is 1. The highest BCUT2D eigenvalue weighted by atomic mass is 16.5. The number of hydrogen-bond donors (Lipinski definition) is 1. The normalized spacial score (nSPS) is 10.2. The minimum Gasteiger partial charge on any atom is -0.465 e. The average molecular weight is 346 g/mol. The molecule has 3 rings (SSSR count). The quantitative estimate of drug-likeness (QED) is 0.722. The zero-order chi connectivity index (χ0) is 18.5. The van der Waals surface area contributed by atoms with Gasteiger partial charge in [-0.05, 0) is 49.4 Å². The standard InChI is InChI=1S/C21H18N2O3/c1-14-6-11-17(19-5-3-4-12-22-19)18(13-14)20(24)23-16-9-7-15(8-10-16)21(25)26-2/h3-13H,1-2H3,(H,23,24). The van der Waals surface area contributed by atoms with Crippen LogP contribution in [0, 0.1) is 6.92 Å². The number of rotatable bonds is 4. The van der Waals surface area contributed by atoms with E-state index in [1.54, 1.807) is 30.5 Å². The number of carbonyl (C=O) groups excluding carboxylic acids is 2. The number of esters is 1. The molecule has 0 saturated heterocycles. The summed E-state index contributed by atoms with van der Waals surface area (Å²) in [5.41, 5.74) is 4.04. The van der Waals surface area contributed by atoms with Gasteiger partial charge in [-0.1, -0.05) is 23.8 Å². The predicted octanol–water partition coefficient (Wildman–Crippen LogP) is 4.10. The topological polar surface area (TPSA) is 68.3 Å². The number of methoxy groups -OCH3 is 1. The molecule has 0 saturated carbocycles. The van der Waals surface area contributed by atoms with Crippen LogP contribution in [0.3, 0.4) is 0 Å². The van der Waals surface area contributed by atoms with E-state index in [1.165, 1.54) is 7.11 Å². The molecule has 5 nitrogen and oxygen atoms in total. The van der Waals surface area contributed by atoms with Gasteiger partial charge >= 0.3 is 5.97 Å². The number of amides is 1. The molecule has 0 bridgehead atoms. The summed E-state index contributed by atoms with van der Waals surface area (Å²) in [6.07, 6.45) is 1.70. The predicted molar refractivity (Wildman–Crippen MR) is 100 cm³/mol. The van der Waals surface area contributed by atoms with Gasteiger partial charge in [0.2, 0.25) is 0 Å². The number of nitrogens with zero attached hydrogens (tertiary/aromatic N) is 1. The van der Waals surface area contributed by atoms with Gasteiger partial charge in [-0.15, -0.1) is 0 Å². The first-order valence-electron chi connectivity index (χ1n) is 8.10. The van der Waals surface area contributed by atoms with Crippen molar-refractivity contribution in [2.75, 3.05) is 12.4 Å². The first kappa shape index (κ1) is 17.4. The van der Waals surface area contributed by atoms with Crippen LogP contribution in [0.5, 0.6) is 0 Å². The molecular formula is C21H18N2O3. The molecule has 130 valence electrons. The third-order valence-electron chi connectivity index (χ3n) is 3.92. The van der Waals surface area contributed by atoms with Crippen molar-refractivity contribution < 1.29 is 14.3 Å². The Morgan fingerprint density at radius 3 is 2.42 bits per heavy atom. The van der Waals surface area contributed by atoms with Crippen molar-refractivity contribution in [3.8, 4) is 11.3 Å². The van der Waals surface area contributed by atoms with Crippen LogP contribution in [0.25, 0.3) is 11.3 Å². The molecule has 5 heteroatoms. The van der Waals surface area contributed by atoms with E-state index in [0.717, 1.165) is 16.8 Å². The number of aryl methyl sites for hydroxylation is 1. The van der Waals surface area contributed by atoms with Crippen LogP contribution in [0.4, 0.5) is 5.69 Å². The van der Waals surface area contributed by atoms with Crippen molar-refractivity contribution >= 4 is 17.6 Å². The molecule has 1 N–H and O–H groups in total. The molecule has 0 fully saturated rings. The lowest BCUT2D eigenvalue weighted by molar-refractivity contribution is 0.0600. The van der Waals surface area contributed by atoms with E-state index in [9.17, 15) is 9.59 Å². The van der Waals surface area contributed by atoms with Gasteiger partial charge < -0.3 is 10.1 Å². The van der Waals surface area contributed by atoms with Gasteiger partial charge in [0.25, 0.3) is 5.91 Å². The summed E-state index contributed by atoms with van der Waals surface area (Å²) in [6.45, 7) is 1.93. The molecule has 0 atom stereocenters. The van der Waals surface area contributed by atoms with Crippen molar-refractivity contribution in [2.45, 2.75) is 6.92 Å². The fourth-order valence-corrected chi connectivity index (χ4v) is 2.60.